The van der Waals surface area contributed by atoms with Gasteiger partial charge in [-0.3, -0.25) is 0 Å². The van der Waals surface area contributed by atoms with Gasteiger partial charge in [-0.15, -0.1) is 0 Å². The Hall–Kier alpha value is 0.430. The van der Waals surface area contributed by atoms with Crippen molar-refractivity contribution in [3.05, 3.63) is 0 Å². The first-order valence-corrected chi connectivity index (χ1v) is 4.05. The van der Waals surface area contributed by atoms with Crippen molar-refractivity contribution < 1.29 is 44.2 Å². The van der Waals surface area contributed by atoms with Crippen molar-refractivity contribution in [3.8, 4) is 0 Å². The van der Waals surface area contributed by atoms with E-state index in [1.54, 1.807) is 6.92 Å². The summed E-state index contributed by atoms with van der Waals surface area (Å²) in [7, 11) is 0. The first-order valence-electron chi connectivity index (χ1n) is 4.05. The zero-order valence-electron chi connectivity index (χ0n) is 7.97. The second-order valence-electron chi connectivity index (χ2n) is 2.44. The van der Waals surface area contributed by atoms with E-state index in [1.165, 1.54) is 12.8 Å². The normalized spacial score (nSPS) is 14.1. The maximum atomic E-state index is 9.49. The molecule has 0 saturated carbocycles. The molecule has 1 aliphatic heterocycles. The van der Waals surface area contributed by atoms with Gasteiger partial charge in [0.05, 0.1) is 0 Å². The van der Waals surface area contributed by atoms with Crippen LogP contribution in [0.5, 0.6) is 0 Å². The monoisotopic (exact) mass is 182 g/mol. The van der Waals surface area contributed by atoms with E-state index in [4.69, 9.17) is 4.74 Å². The number of carboxylic acid groups (broad SMARTS) is 1. The number of hydrogen-bond acceptors (Lipinski definition) is 3. The number of carbonyl (C=O) groups excluding carboxylic acids is 1. The molecule has 0 N–H and O–H groups in total. The van der Waals surface area contributed by atoms with Crippen LogP contribution in [0.2, 0.25) is 0 Å². The van der Waals surface area contributed by atoms with Crippen molar-refractivity contribution in [1.82, 2.24) is 0 Å². The third-order valence-electron chi connectivity index (χ3n) is 1.28. The van der Waals surface area contributed by atoms with Crippen LogP contribution in [0, 0.1) is 0 Å². The Balaban J connectivity index is 0. The molecule has 1 heterocycles. The summed E-state index contributed by atoms with van der Waals surface area (Å²) in [5.74, 6) is -0.961. The van der Waals surface area contributed by atoms with Gasteiger partial charge in [0.1, 0.15) is 0 Å². The van der Waals surface area contributed by atoms with Gasteiger partial charge in [-0.2, -0.15) is 0 Å². The molecule has 1 fully saturated rings. The molecule has 1 saturated heterocycles. The van der Waals surface area contributed by atoms with E-state index in [1.807, 2.05) is 0 Å². The first kappa shape index (κ1) is 14.9. The second kappa shape index (κ2) is 11.4. The largest absolute Gasteiger partial charge is 1.00 e. The van der Waals surface area contributed by atoms with Crippen LogP contribution in [-0.4, -0.2) is 19.2 Å². The molecule has 1 aliphatic rings. The Bertz CT molecular complexity index is 94.9. The minimum absolute atomic E-state index is 0. The average molecular weight is 182 g/mol. The van der Waals surface area contributed by atoms with Crippen LogP contribution in [-0.2, 0) is 9.53 Å². The molecule has 0 aliphatic carbocycles. The Morgan fingerprint density at radius 3 is 2.00 bits per heavy atom. The third kappa shape index (κ3) is 13.1. The van der Waals surface area contributed by atoms with Crippen molar-refractivity contribution in [2.75, 3.05) is 13.2 Å². The molecular weight excluding hydrogens is 167 g/mol. The van der Waals surface area contributed by atoms with Crippen molar-refractivity contribution >= 4 is 5.97 Å². The number of aliphatic carboxylic acids is 1. The average Bonchev–Trinajstić information content (AvgIpc) is 2.41. The topological polar surface area (TPSA) is 49.4 Å². The van der Waals surface area contributed by atoms with Gasteiger partial charge < -0.3 is 14.6 Å². The van der Waals surface area contributed by atoms with E-state index >= 15 is 0 Å². The van der Waals surface area contributed by atoms with Crippen LogP contribution in [0.1, 0.15) is 32.6 Å². The summed E-state index contributed by atoms with van der Waals surface area (Å²) in [5, 5.41) is 9.49. The molecule has 0 aromatic rings. The minimum Gasteiger partial charge on any atom is -0.550 e. The molecule has 0 radical (unpaired) electrons. The Morgan fingerprint density at radius 1 is 1.42 bits per heavy atom. The van der Waals surface area contributed by atoms with E-state index in [-0.39, 0.29) is 36.0 Å². The molecule has 1 rings (SSSR count). The molecule has 0 aromatic heterocycles. The van der Waals surface area contributed by atoms with Crippen LogP contribution >= 0.6 is 0 Å². The molecule has 4 heteroatoms. The van der Waals surface area contributed by atoms with E-state index < -0.39 is 5.97 Å². The molecular formula is C8H15NaO3. The fourth-order valence-electron chi connectivity index (χ4n) is 0.714. The second-order valence-corrected chi connectivity index (χ2v) is 2.44. The maximum Gasteiger partial charge on any atom is 1.00 e. The van der Waals surface area contributed by atoms with Gasteiger partial charge in [-0.05, 0) is 19.3 Å². The maximum absolute atomic E-state index is 9.49. The van der Waals surface area contributed by atoms with Gasteiger partial charge in [-0.1, -0.05) is 13.3 Å². The summed E-state index contributed by atoms with van der Waals surface area (Å²) in [6.07, 6.45) is 3.41. The number of carbonyl (C=O) groups is 1. The fourth-order valence-corrected chi connectivity index (χ4v) is 0.714. The van der Waals surface area contributed by atoms with Gasteiger partial charge in [0, 0.05) is 19.2 Å². The summed E-state index contributed by atoms with van der Waals surface area (Å²) in [4.78, 5) is 9.49. The number of hydrogen-bond donors (Lipinski definition) is 0. The van der Waals surface area contributed by atoms with E-state index in [9.17, 15) is 9.90 Å². The zero-order valence-corrected chi connectivity index (χ0v) is 9.97. The molecule has 0 bridgehead atoms. The van der Waals surface area contributed by atoms with E-state index in [0.717, 1.165) is 13.2 Å². The number of carboxylic acids is 1. The summed E-state index contributed by atoms with van der Waals surface area (Å²) in [5.41, 5.74) is 0. The predicted molar refractivity (Wildman–Crippen MR) is 40.0 cm³/mol. The molecule has 0 spiro atoms. The van der Waals surface area contributed by atoms with Gasteiger partial charge >= 0.3 is 29.6 Å². The van der Waals surface area contributed by atoms with Crippen LogP contribution in [0.4, 0.5) is 0 Å². The molecule has 66 valence electrons. The minimum atomic E-state index is -0.961. The standard InChI is InChI=1S/C4H8O2.C4H8O.Na/c1-2-3-4(5)6;1-2-4-5-3-1;/h2-3H2,1H3,(H,5,6);1-4H2;/q;;+1/p-1. The fraction of sp³-hybridized carbons (Fsp3) is 0.875. The van der Waals surface area contributed by atoms with E-state index in [0.29, 0.717) is 6.42 Å². The first-order chi connectivity index (χ1) is 5.27. The Morgan fingerprint density at radius 2 is 1.92 bits per heavy atom. The van der Waals surface area contributed by atoms with Crippen LogP contribution in [0.3, 0.4) is 0 Å². The Kier molecular flexibility index (Phi) is 14.2. The molecule has 12 heavy (non-hydrogen) atoms. The number of ether oxygens (including phenoxy) is 1. The van der Waals surface area contributed by atoms with Gasteiger partial charge in [0.25, 0.3) is 0 Å². The van der Waals surface area contributed by atoms with Gasteiger partial charge in [0.2, 0.25) is 0 Å². The van der Waals surface area contributed by atoms with Gasteiger partial charge in [-0.25, -0.2) is 0 Å². The molecule has 0 unspecified atom stereocenters. The van der Waals surface area contributed by atoms with E-state index in [2.05, 4.69) is 0 Å². The SMILES string of the molecule is C1CCOC1.CCCC(=O)[O-].[Na+]. The quantitative estimate of drug-likeness (QED) is 0.438. The Labute approximate surface area is 95.8 Å². The predicted octanol–water partition coefficient (Wildman–Crippen LogP) is -2.66. The summed E-state index contributed by atoms with van der Waals surface area (Å²) >= 11 is 0. The third-order valence-corrected chi connectivity index (χ3v) is 1.28. The number of rotatable bonds is 2. The van der Waals surface area contributed by atoms with Crippen LogP contribution in [0.15, 0.2) is 0 Å². The van der Waals surface area contributed by atoms with Gasteiger partial charge in [0.15, 0.2) is 0 Å². The molecule has 0 aromatic carbocycles. The molecule has 0 atom stereocenters. The zero-order chi connectivity index (χ0) is 8.53. The smallest absolute Gasteiger partial charge is 0.550 e. The van der Waals surface area contributed by atoms with Crippen molar-refractivity contribution in [3.63, 3.8) is 0 Å². The van der Waals surface area contributed by atoms with Crippen molar-refractivity contribution in [2.45, 2.75) is 32.6 Å². The summed E-state index contributed by atoms with van der Waals surface area (Å²) < 4.78 is 4.94. The van der Waals surface area contributed by atoms with Crippen molar-refractivity contribution in [2.24, 2.45) is 0 Å². The molecule has 3 nitrogen and oxygen atoms in total. The molecule has 0 amide bonds. The van der Waals surface area contributed by atoms with Crippen LogP contribution < -0.4 is 34.7 Å². The van der Waals surface area contributed by atoms with Crippen LogP contribution in [0.25, 0.3) is 0 Å². The summed E-state index contributed by atoms with van der Waals surface area (Å²) in [6.45, 7) is 3.80. The van der Waals surface area contributed by atoms with Crippen molar-refractivity contribution in [1.29, 1.82) is 0 Å². The summed E-state index contributed by atoms with van der Waals surface area (Å²) in [6, 6.07) is 0.